The topological polar surface area (TPSA) is 130 Å². The van der Waals surface area contributed by atoms with Gasteiger partial charge in [0, 0.05) is 17.6 Å². The van der Waals surface area contributed by atoms with Crippen molar-refractivity contribution in [2.75, 3.05) is 11.1 Å². The van der Waals surface area contributed by atoms with Crippen LogP contribution in [0, 0.1) is 0 Å². The molecule has 0 spiro atoms. The lowest BCUT2D eigenvalue weighted by Crippen LogP contribution is -2.06. The Balaban J connectivity index is 1.88. The number of anilines is 2. The maximum atomic E-state index is 10.8. The van der Waals surface area contributed by atoms with Crippen molar-refractivity contribution in [1.82, 2.24) is 19.9 Å². The molecule has 0 bridgehead atoms. The van der Waals surface area contributed by atoms with E-state index in [1.165, 1.54) is 17.8 Å². The van der Waals surface area contributed by atoms with Crippen LogP contribution in [-0.2, 0) is 0 Å². The SMILES string of the molecule is CC(Sc1nc(N)cc(Cl)n1)c1cc2c(NC(=O)O)c[nH]c2cn1. The third-order valence-corrected chi connectivity index (χ3v) is 4.40. The zero-order chi connectivity index (χ0) is 17.3. The summed E-state index contributed by atoms with van der Waals surface area (Å²) in [5.74, 6) is 0.298. The molecule has 0 aliphatic heterocycles. The van der Waals surface area contributed by atoms with Crippen molar-refractivity contribution in [2.45, 2.75) is 17.3 Å². The first-order valence-electron chi connectivity index (χ1n) is 6.86. The fraction of sp³-hybridized carbons (Fsp3) is 0.143. The van der Waals surface area contributed by atoms with E-state index in [-0.39, 0.29) is 10.4 Å². The molecule has 1 amide bonds. The molecule has 0 saturated carbocycles. The minimum Gasteiger partial charge on any atom is -0.465 e. The van der Waals surface area contributed by atoms with Gasteiger partial charge in [-0.05, 0) is 13.0 Å². The van der Waals surface area contributed by atoms with Crippen LogP contribution in [0.5, 0.6) is 0 Å². The zero-order valence-corrected chi connectivity index (χ0v) is 14.0. The molecule has 8 nitrogen and oxygen atoms in total. The lowest BCUT2D eigenvalue weighted by molar-refractivity contribution is 0.210. The van der Waals surface area contributed by atoms with E-state index in [2.05, 4.69) is 25.3 Å². The van der Waals surface area contributed by atoms with Gasteiger partial charge in [-0.15, -0.1) is 0 Å². The molecule has 1 atom stereocenters. The Morgan fingerprint density at radius 2 is 2.25 bits per heavy atom. The molecule has 3 heterocycles. The number of halogens is 1. The van der Waals surface area contributed by atoms with E-state index in [4.69, 9.17) is 22.4 Å². The van der Waals surface area contributed by atoms with Crippen molar-refractivity contribution in [1.29, 1.82) is 0 Å². The molecule has 0 saturated heterocycles. The molecule has 24 heavy (non-hydrogen) atoms. The van der Waals surface area contributed by atoms with Crippen LogP contribution in [0.3, 0.4) is 0 Å². The zero-order valence-electron chi connectivity index (χ0n) is 12.4. The van der Waals surface area contributed by atoms with E-state index in [1.807, 2.05) is 13.0 Å². The van der Waals surface area contributed by atoms with Gasteiger partial charge >= 0.3 is 6.09 Å². The number of pyridine rings is 1. The van der Waals surface area contributed by atoms with E-state index in [0.717, 1.165) is 16.6 Å². The maximum Gasteiger partial charge on any atom is 0.409 e. The summed E-state index contributed by atoms with van der Waals surface area (Å²) in [6.45, 7) is 1.94. The van der Waals surface area contributed by atoms with E-state index < -0.39 is 6.09 Å². The van der Waals surface area contributed by atoms with Crippen molar-refractivity contribution >= 4 is 51.9 Å². The number of nitrogens with one attached hydrogen (secondary N) is 2. The summed E-state index contributed by atoms with van der Waals surface area (Å²) >= 11 is 7.24. The second kappa shape index (κ2) is 6.54. The van der Waals surface area contributed by atoms with Gasteiger partial charge in [0.25, 0.3) is 0 Å². The van der Waals surface area contributed by atoms with E-state index in [1.54, 1.807) is 12.4 Å². The fourth-order valence-electron chi connectivity index (χ4n) is 2.16. The van der Waals surface area contributed by atoms with Crippen LogP contribution in [0.4, 0.5) is 16.3 Å². The molecule has 10 heteroatoms. The number of H-pyrrole nitrogens is 1. The molecular weight excluding hydrogens is 352 g/mol. The van der Waals surface area contributed by atoms with Gasteiger partial charge in [-0.2, -0.15) is 0 Å². The maximum absolute atomic E-state index is 10.8. The predicted octanol–water partition coefficient (Wildman–Crippen LogP) is 3.53. The average molecular weight is 365 g/mol. The van der Waals surface area contributed by atoms with Gasteiger partial charge < -0.3 is 15.8 Å². The minimum absolute atomic E-state index is 0.0835. The summed E-state index contributed by atoms with van der Waals surface area (Å²) in [5.41, 5.74) is 7.63. The second-order valence-corrected chi connectivity index (χ2v) is 6.64. The normalized spacial score (nSPS) is 12.2. The smallest absolute Gasteiger partial charge is 0.409 e. The summed E-state index contributed by atoms with van der Waals surface area (Å²) in [5, 5.41) is 12.6. The summed E-state index contributed by atoms with van der Waals surface area (Å²) in [6.07, 6.45) is 2.12. The number of carboxylic acid groups (broad SMARTS) is 1. The summed E-state index contributed by atoms with van der Waals surface area (Å²) in [4.78, 5) is 26.5. The Bertz CT molecular complexity index is 895. The third kappa shape index (κ3) is 3.52. The standard InChI is InChI=1S/C14H13ClN6O2S/c1-6(24-13-20-11(15)3-12(16)21-13)8-2-7-9(4-17-8)18-5-10(7)19-14(22)23/h2-6,18-19H,1H3,(H,22,23)(H2,16,20,21). The molecule has 124 valence electrons. The van der Waals surface area contributed by atoms with Crippen LogP contribution in [0.25, 0.3) is 10.9 Å². The molecule has 0 aliphatic rings. The van der Waals surface area contributed by atoms with Gasteiger partial charge in [0.15, 0.2) is 5.16 Å². The van der Waals surface area contributed by atoms with Crippen LogP contribution in [0.1, 0.15) is 17.9 Å². The Kier molecular flexibility index (Phi) is 4.45. The van der Waals surface area contributed by atoms with E-state index >= 15 is 0 Å². The molecule has 0 aliphatic carbocycles. The number of rotatable bonds is 4. The highest BCUT2D eigenvalue weighted by Gasteiger charge is 2.15. The summed E-state index contributed by atoms with van der Waals surface area (Å²) < 4.78 is 0. The highest BCUT2D eigenvalue weighted by molar-refractivity contribution is 7.99. The van der Waals surface area contributed by atoms with Crippen molar-refractivity contribution in [3.63, 3.8) is 0 Å². The van der Waals surface area contributed by atoms with Crippen molar-refractivity contribution in [2.24, 2.45) is 0 Å². The number of fused-ring (bicyclic) bond motifs is 1. The number of aromatic amines is 1. The number of nitrogens with zero attached hydrogens (tertiary/aromatic N) is 3. The predicted molar refractivity (Wildman–Crippen MR) is 93.5 cm³/mol. The van der Waals surface area contributed by atoms with Crippen LogP contribution >= 0.6 is 23.4 Å². The van der Waals surface area contributed by atoms with Gasteiger partial charge in [0.05, 0.1) is 28.3 Å². The largest absolute Gasteiger partial charge is 0.465 e. The lowest BCUT2D eigenvalue weighted by atomic mass is 10.2. The summed E-state index contributed by atoms with van der Waals surface area (Å²) in [7, 11) is 0. The molecule has 1 unspecified atom stereocenters. The Labute approximate surface area is 145 Å². The third-order valence-electron chi connectivity index (χ3n) is 3.22. The number of nitrogen functional groups attached to an aromatic ring is 1. The van der Waals surface area contributed by atoms with E-state index in [0.29, 0.717) is 16.7 Å². The molecule has 3 aromatic rings. The molecule has 3 aromatic heterocycles. The van der Waals surface area contributed by atoms with Crippen molar-refractivity contribution in [3.8, 4) is 0 Å². The first-order chi connectivity index (χ1) is 11.4. The van der Waals surface area contributed by atoms with Crippen LogP contribution < -0.4 is 11.1 Å². The Morgan fingerprint density at radius 3 is 2.96 bits per heavy atom. The number of amides is 1. The highest BCUT2D eigenvalue weighted by atomic mass is 35.5. The number of hydrogen-bond donors (Lipinski definition) is 4. The van der Waals surface area contributed by atoms with E-state index in [9.17, 15) is 4.79 Å². The van der Waals surface area contributed by atoms with Crippen LogP contribution in [0.2, 0.25) is 5.15 Å². The number of nitrogens with two attached hydrogens (primary N) is 1. The molecular formula is C14H13ClN6O2S. The number of carbonyl (C=O) groups is 1. The molecule has 3 rings (SSSR count). The Hall–Kier alpha value is -2.52. The summed E-state index contributed by atoms with van der Waals surface area (Å²) in [6, 6.07) is 3.30. The quantitative estimate of drug-likeness (QED) is 0.316. The van der Waals surface area contributed by atoms with Gasteiger partial charge in [-0.1, -0.05) is 23.4 Å². The monoisotopic (exact) mass is 364 g/mol. The molecule has 0 radical (unpaired) electrons. The number of thioether (sulfide) groups is 1. The first kappa shape index (κ1) is 16.3. The fourth-order valence-corrected chi connectivity index (χ4v) is 3.28. The van der Waals surface area contributed by atoms with Gasteiger partial charge in [0.2, 0.25) is 0 Å². The van der Waals surface area contributed by atoms with Crippen molar-refractivity contribution in [3.05, 3.63) is 35.4 Å². The highest BCUT2D eigenvalue weighted by Crippen LogP contribution is 2.34. The number of hydrogen-bond acceptors (Lipinski definition) is 6. The first-order valence-corrected chi connectivity index (χ1v) is 8.12. The Morgan fingerprint density at radius 1 is 1.46 bits per heavy atom. The number of aromatic nitrogens is 4. The van der Waals surface area contributed by atoms with Gasteiger partial charge in [-0.3, -0.25) is 10.3 Å². The van der Waals surface area contributed by atoms with Gasteiger partial charge in [0.1, 0.15) is 11.0 Å². The lowest BCUT2D eigenvalue weighted by Gasteiger charge is -2.10. The van der Waals surface area contributed by atoms with Crippen LogP contribution in [-0.4, -0.2) is 31.1 Å². The minimum atomic E-state index is -1.13. The molecule has 0 fully saturated rings. The second-order valence-electron chi connectivity index (χ2n) is 4.95. The van der Waals surface area contributed by atoms with Gasteiger partial charge in [-0.25, -0.2) is 14.8 Å². The molecule has 5 N–H and O–H groups in total. The average Bonchev–Trinajstić information content (AvgIpc) is 2.88. The molecule has 0 aromatic carbocycles. The van der Waals surface area contributed by atoms with Crippen molar-refractivity contribution < 1.29 is 9.90 Å². The van der Waals surface area contributed by atoms with Crippen LogP contribution in [0.15, 0.2) is 29.7 Å².